The third-order valence-electron chi connectivity index (χ3n) is 3.58. The van der Waals surface area contributed by atoms with Crippen LogP contribution >= 0.6 is 0 Å². The van der Waals surface area contributed by atoms with Gasteiger partial charge in [-0.05, 0) is 11.8 Å². The quantitative estimate of drug-likeness (QED) is 0.785. The summed E-state index contributed by atoms with van der Waals surface area (Å²) < 4.78 is 11.7. The van der Waals surface area contributed by atoms with Crippen LogP contribution in [0.3, 0.4) is 0 Å². The maximum absolute atomic E-state index is 9.62. The molecule has 16 heavy (non-hydrogen) atoms. The van der Waals surface area contributed by atoms with E-state index in [2.05, 4.69) is 32.6 Å². The molecule has 2 saturated heterocycles. The van der Waals surface area contributed by atoms with Gasteiger partial charge in [-0.15, -0.1) is 0 Å². The predicted molar refractivity (Wildman–Crippen MR) is 60.8 cm³/mol. The van der Waals surface area contributed by atoms with Gasteiger partial charge in [-0.25, -0.2) is 4.90 Å². The van der Waals surface area contributed by atoms with E-state index in [9.17, 15) is 5.11 Å². The van der Waals surface area contributed by atoms with Crippen molar-refractivity contribution >= 4 is 0 Å². The minimum atomic E-state index is -0.302. The van der Waals surface area contributed by atoms with Gasteiger partial charge in [-0.2, -0.15) is 0 Å². The van der Waals surface area contributed by atoms with E-state index in [-0.39, 0.29) is 24.6 Å². The van der Waals surface area contributed by atoms with Crippen LogP contribution < -0.4 is 0 Å². The highest BCUT2D eigenvalue weighted by atomic mass is 16.6. The molecule has 0 aromatic carbocycles. The monoisotopic (exact) mass is 229 g/mol. The lowest BCUT2D eigenvalue weighted by atomic mass is 10.00. The van der Waals surface area contributed by atoms with Crippen LogP contribution in [0.15, 0.2) is 0 Å². The van der Waals surface area contributed by atoms with Gasteiger partial charge in [-0.1, -0.05) is 27.7 Å². The molecule has 2 aliphatic rings. The van der Waals surface area contributed by atoms with Crippen LogP contribution in [0.4, 0.5) is 0 Å². The largest absolute Gasteiger partial charge is 0.394 e. The number of ether oxygens (including phenoxy) is 2. The van der Waals surface area contributed by atoms with E-state index in [1.165, 1.54) is 0 Å². The fourth-order valence-electron chi connectivity index (χ4n) is 2.72. The zero-order valence-electron chi connectivity index (χ0n) is 10.6. The van der Waals surface area contributed by atoms with Crippen LogP contribution in [0.5, 0.6) is 0 Å². The maximum Gasteiger partial charge on any atom is 0.115 e. The number of aliphatic hydroxyl groups excluding tert-OH is 1. The highest BCUT2D eigenvalue weighted by molar-refractivity contribution is 5.02. The van der Waals surface area contributed by atoms with Gasteiger partial charge in [0.05, 0.1) is 25.4 Å². The van der Waals surface area contributed by atoms with Gasteiger partial charge in [0.1, 0.15) is 12.5 Å². The summed E-state index contributed by atoms with van der Waals surface area (Å²) in [6, 6.07) is 0. The van der Waals surface area contributed by atoms with E-state index in [1.807, 2.05) is 0 Å². The molecule has 2 atom stereocenters. The van der Waals surface area contributed by atoms with Gasteiger partial charge in [0.2, 0.25) is 0 Å². The van der Waals surface area contributed by atoms with Crippen molar-refractivity contribution in [2.75, 3.05) is 19.8 Å². The first-order valence-corrected chi connectivity index (χ1v) is 6.14. The Bertz CT molecular complexity index is 235. The first-order chi connectivity index (χ1) is 7.52. The molecule has 2 heterocycles. The Kier molecular flexibility index (Phi) is 3.27. The highest BCUT2D eigenvalue weighted by Gasteiger charge is 2.56. The fourth-order valence-corrected chi connectivity index (χ4v) is 2.72. The van der Waals surface area contributed by atoms with Crippen molar-refractivity contribution in [3.8, 4) is 0 Å². The summed E-state index contributed by atoms with van der Waals surface area (Å²) in [5.74, 6) is 0.827. The predicted octanol–water partition coefficient (Wildman–Crippen LogP) is 1.04. The lowest BCUT2D eigenvalue weighted by molar-refractivity contribution is -0.0959. The number of fused-ring (bicyclic) bond motifs is 1. The topological polar surface area (TPSA) is 41.9 Å². The first kappa shape index (κ1) is 12.3. The molecular weight excluding hydrogens is 206 g/mol. The number of hydrogen-bond acceptors (Lipinski definition) is 4. The Hall–Kier alpha value is -0.160. The molecule has 94 valence electrons. The zero-order chi connectivity index (χ0) is 11.9. The fraction of sp³-hybridized carbons (Fsp3) is 1.00. The number of rotatable bonds is 3. The van der Waals surface area contributed by atoms with Crippen molar-refractivity contribution in [3.63, 3.8) is 0 Å². The number of hydrogen-bond donors (Lipinski definition) is 1. The molecule has 1 N–H and O–H groups in total. The zero-order valence-corrected chi connectivity index (χ0v) is 10.6. The molecule has 4 heteroatoms. The van der Waals surface area contributed by atoms with Gasteiger partial charge < -0.3 is 14.6 Å². The summed E-state index contributed by atoms with van der Waals surface area (Å²) in [6.45, 7) is 9.86. The number of nitrogens with zero attached hydrogens (tertiary/aromatic N) is 1. The molecule has 0 aliphatic carbocycles. The standard InChI is InChI=1S/C12H23NO3/c1-8(2)10-13-11(9(3)4)16-7-12(13,5-14)6-15-10/h8-11,14H,5-7H2,1-4H3. The molecule has 2 fully saturated rings. The molecule has 2 unspecified atom stereocenters. The summed E-state index contributed by atoms with van der Waals surface area (Å²) >= 11 is 0. The Morgan fingerprint density at radius 1 is 1.12 bits per heavy atom. The molecular formula is C12H23NO3. The second-order valence-corrected chi connectivity index (χ2v) is 5.68. The van der Waals surface area contributed by atoms with Gasteiger partial charge in [0.25, 0.3) is 0 Å². The Morgan fingerprint density at radius 3 is 1.88 bits per heavy atom. The minimum Gasteiger partial charge on any atom is -0.394 e. The van der Waals surface area contributed by atoms with E-state index >= 15 is 0 Å². The van der Waals surface area contributed by atoms with Crippen molar-refractivity contribution in [3.05, 3.63) is 0 Å². The van der Waals surface area contributed by atoms with Gasteiger partial charge >= 0.3 is 0 Å². The molecule has 0 amide bonds. The van der Waals surface area contributed by atoms with Crippen LogP contribution in [0, 0.1) is 11.8 Å². The second-order valence-electron chi connectivity index (χ2n) is 5.68. The minimum absolute atomic E-state index is 0.0713. The molecule has 2 rings (SSSR count). The van der Waals surface area contributed by atoms with Crippen LogP contribution in [0.2, 0.25) is 0 Å². The van der Waals surface area contributed by atoms with Crippen LogP contribution in [0.25, 0.3) is 0 Å². The third kappa shape index (κ3) is 1.68. The summed E-state index contributed by atoms with van der Waals surface area (Å²) in [4.78, 5) is 2.25. The molecule has 0 saturated carbocycles. The lowest BCUT2D eigenvalue weighted by Crippen LogP contribution is -2.53. The van der Waals surface area contributed by atoms with Crippen LogP contribution in [-0.2, 0) is 9.47 Å². The van der Waals surface area contributed by atoms with Crippen molar-refractivity contribution < 1.29 is 14.6 Å². The molecule has 4 nitrogen and oxygen atoms in total. The van der Waals surface area contributed by atoms with Gasteiger partial charge in [-0.3, -0.25) is 0 Å². The van der Waals surface area contributed by atoms with E-state index in [0.29, 0.717) is 25.0 Å². The van der Waals surface area contributed by atoms with Crippen molar-refractivity contribution in [1.29, 1.82) is 0 Å². The van der Waals surface area contributed by atoms with Crippen molar-refractivity contribution in [1.82, 2.24) is 4.90 Å². The molecule has 0 radical (unpaired) electrons. The van der Waals surface area contributed by atoms with Crippen LogP contribution in [-0.4, -0.2) is 47.8 Å². The third-order valence-corrected chi connectivity index (χ3v) is 3.58. The van der Waals surface area contributed by atoms with E-state index in [4.69, 9.17) is 9.47 Å². The van der Waals surface area contributed by atoms with Crippen molar-refractivity contribution in [2.24, 2.45) is 11.8 Å². The smallest absolute Gasteiger partial charge is 0.115 e. The number of aliphatic hydroxyl groups is 1. The second kappa shape index (κ2) is 4.26. The summed E-state index contributed by atoms with van der Waals surface area (Å²) in [6.07, 6.45) is 0.143. The van der Waals surface area contributed by atoms with E-state index in [1.54, 1.807) is 0 Å². The average molecular weight is 229 g/mol. The van der Waals surface area contributed by atoms with Crippen LogP contribution in [0.1, 0.15) is 27.7 Å². The first-order valence-electron chi connectivity index (χ1n) is 6.14. The molecule has 2 aliphatic heterocycles. The van der Waals surface area contributed by atoms with E-state index < -0.39 is 0 Å². The Balaban J connectivity index is 2.25. The normalized spacial score (nSPS) is 39.9. The van der Waals surface area contributed by atoms with Gasteiger partial charge in [0.15, 0.2) is 0 Å². The molecule has 0 bridgehead atoms. The molecule has 0 spiro atoms. The lowest BCUT2D eigenvalue weighted by Gasteiger charge is -2.35. The SMILES string of the molecule is CC(C)C1OCC2(CO)COC(C(C)C)N12. The molecule has 0 aromatic rings. The summed E-state index contributed by atoms with van der Waals surface area (Å²) in [5.41, 5.74) is -0.302. The van der Waals surface area contributed by atoms with Crippen molar-refractivity contribution in [2.45, 2.75) is 45.7 Å². The van der Waals surface area contributed by atoms with E-state index in [0.717, 1.165) is 0 Å². The highest BCUT2D eigenvalue weighted by Crippen LogP contribution is 2.40. The molecule has 0 aromatic heterocycles. The Labute approximate surface area is 97.5 Å². The Morgan fingerprint density at radius 2 is 1.56 bits per heavy atom. The maximum atomic E-state index is 9.62. The average Bonchev–Trinajstić information content (AvgIpc) is 2.72. The summed E-state index contributed by atoms with van der Waals surface area (Å²) in [7, 11) is 0. The van der Waals surface area contributed by atoms with Gasteiger partial charge in [0, 0.05) is 0 Å². The summed E-state index contributed by atoms with van der Waals surface area (Å²) in [5, 5.41) is 9.62.